The second kappa shape index (κ2) is 27.4. The molecule has 3 aliphatic heterocycles. The number of pyridine rings is 1. The number of nitrogens with two attached hydrogens (primary N) is 2. The minimum Gasteiger partial charge on any atom is -0.497 e. The number of aromatic nitrogens is 1. The van der Waals surface area contributed by atoms with Gasteiger partial charge in [-0.25, -0.2) is 0 Å². The number of carbonyl (C=O) groups is 5. The van der Waals surface area contributed by atoms with Crippen molar-refractivity contribution in [2.45, 2.75) is 48.8 Å². The summed E-state index contributed by atoms with van der Waals surface area (Å²) in [6.45, 7) is 3.59. The third-order valence-electron chi connectivity index (χ3n) is 16.5. The summed E-state index contributed by atoms with van der Waals surface area (Å²) in [5, 5.41) is 23.5. The van der Waals surface area contributed by atoms with Crippen LogP contribution in [0.3, 0.4) is 0 Å². The van der Waals surface area contributed by atoms with Gasteiger partial charge in [-0.1, -0.05) is 219 Å². The van der Waals surface area contributed by atoms with Gasteiger partial charge in [-0.05, 0) is 94.0 Å². The van der Waals surface area contributed by atoms with Gasteiger partial charge in [0.2, 0.25) is 17.7 Å². The SMILES string of the molecule is COc1cccc(C2(c3ccccc3)NC(NC(=O)C(C)C)C(=O)Nc3ccccc32)c1.NC(=O)c1ccncc1C1NC(c2ccccc2)(c2cccc(Cl)c2)c2ccccc2NC1=O.NC1NC(c2ccccc2)(c2cccc(Cl)c2)c2ccccc2NC1=O. The summed E-state index contributed by atoms with van der Waals surface area (Å²) in [5.74, 6) is -1.35. The third kappa shape index (κ3) is 12.5. The van der Waals surface area contributed by atoms with Crippen LogP contribution in [0.1, 0.15) is 85.9 Å². The molecule has 9 aromatic carbocycles. The first kappa shape index (κ1) is 63.3. The number of carbonyl (C=O) groups excluding carboxylic acids is 5. The molecule has 11 N–H and O–H groups in total. The van der Waals surface area contributed by atoms with Crippen molar-refractivity contribution >= 4 is 69.8 Å². The number of nitrogens with zero attached hydrogens (tertiary/aromatic N) is 1. The normalized spacial score (nSPS) is 20.5. The summed E-state index contributed by atoms with van der Waals surface area (Å²) in [6.07, 6.45) is 1.14. The number of methoxy groups -OCH3 is 1. The van der Waals surface area contributed by atoms with Gasteiger partial charge < -0.3 is 37.5 Å². The molecule has 16 nitrogen and oxygen atoms in total. The summed E-state index contributed by atoms with van der Waals surface area (Å²) in [6, 6.07) is 76.2. The molecule has 0 bridgehead atoms. The van der Waals surface area contributed by atoms with Gasteiger partial charge in [0.25, 0.3) is 11.8 Å². The molecule has 10 aromatic rings. The molecule has 0 aliphatic carbocycles. The minimum atomic E-state index is -0.989. The predicted molar refractivity (Wildman–Crippen MR) is 360 cm³/mol. The number of halogens is 2. The first-order valence-electron chi connectivity index (χ1n) is 29.7. The van der Waals surface area contributed by atoms with Gasteiger partial charge in [0.05, 0.1) is 23.7 Å². The summed E-state index contributed by atoms with van der Waals surface area (Å²) in [5.41, 5.74) is 19.8. The maximum Gasteiger partial charge on any atom is 0.262 e. The van der Waals surface area contributed by atoms with Crippen LogP contribution in [-0.2, 0) is 35.8 Å². The highest BCUT2D eigenvalue weighted by Crippen LogP contribution is 2.47. The predicted octanol–water partition coefficient (Wildman–Crippen LogP) is 11.5. The van der Waals surface area contributed by atoms with E-state index in [2.05, 4.69) is 42.2 Å². The molecule has 0 fully saturated rings. The van der Waals surface area contributed by atoms with Crippen molar-refractivity contribution in [1.82, 2.24) is 26.3 Å². The molecular formula is C74H66Cl2N10O6. The van der Waals surface area contributed by atoms with Crippen molar-refractivity contribution in [3.05, 3.63) is 326 Å². The van der Waals surface area contributed by atoms with E-state index in [1.165, 1.54) is 18.5 Å². The van der Waals surface area contributed by atoms with Gasteiger partial charge in [-0.15, -0.1) is 0 Å². The molecule has 4 heterocycles. The molecule has 18 heteroatoms. The molecule has 13 rings (SSSR count). The van der Waals surface area contributed by atoms with Crippen molar-refractivity contribution in [3.63, 3.8) is 0 Å². The second-order valence-corrected chi connectivity index (χ2v) is 23.3. The lowest BCUT2D eigenvalue weighted by atomic mass is 9.76. The number of para-hydroxylation sites is 3. The Kier molecular flexibility index (Phi) is 18.9. The fourth-order valence-electron chi connectivity index (χ4n) is 12.3. The fraction of sp³-hybridized carbons (Fsp3) is 0.135. The number of nitrogens with one attached hydrogen (secondary N) is 7. The summed E-state index contributed by atoms with van der Waals surface area (Å²) < 4.78 is 5.51. The van der Waals surface area contributed by atoms with Crippen molar-refractivity contribution in [2.24, 2.45) is 17.4 Å². The van der Waals surface area contributed by atoms with E-state index in [0.717, 1.165) is 55.8 Å². The standard InChI is InChI=1S/C27H21ClN4O2.C26H27N3O3.C21H18ClN3O/c28-19-10-6-9-18(15-19)27(17-7-2-1-3-8-17)22-11-4-5-12-23(22)31-26(34)24(32-27)21-16-30-14-13-20(21)25(29)33;1-17(2)24(30)28-23-25(31)27-22-15-8-7-14-21(22)26(29-23,18-10-5-4-6-11-18)19-12-9-13-20(16-19)32-3;22-16-10-6-9-15(13-16)21(14-7-2-1-3-8-14)17-11-4-5-12-18(17)24-20(26)19(23)25-21/h1-16,24,32H,(H2,29,33)(H,31,34);4-17,23,29H,1-3H3,(H,27,31)(H,28,30);1-13,19,25H,23H2,(H,24,26). The van der Waals surface area contributed by atoms with Crippen molar-refractivity contribution in [2.75, 3.05) is 23.1 Å². The Morgan fingerprint density at radius 1 is 0.500 bits per heavy atom. The second-order valence-electron chi connectivity index (χ2n) is 22.5. The van der Waals surface area contributed by atoms with Gasteiger partial charge in [0.15, 0.2) is 6.17 Å². The van der Waals surface area contributed by atoms with Crippen LogP contribution in [0.15, 0.2) is 255 Å². The van der Waals surface area contributed by atoms with E-state index in [-0.39, 0.29) is 35.1 Å². The Morgan fingerprint density at radius 2 is 0.913 bits per heavy atom. The average molecular weight is 1260 g/mol. The Morgan fingerprint density at radius 3 is 1.38 bits per heavy atom. The monoisotopic (exact) mass is 1260 g/mol. The molecule has 0 radical (unpaired) electrons. The number of anilines is 3. The first-order chi connectivity index (χ1) is 44.6. The van der Waals surface area contributed by atoms with Crippen LogP contribution in [0.5, 0.6) is 5.75 Å². The molecular weight excluding hydrogens is 1200 g/mol. The molecule has 0 saturated heterocycles. The minimum absolute atomic E-state index is 0.212. The number of hydrogen-bond acceptors (Lipinski definition) is 11. The molecule has 0 saturated carbocycles. The van der Waals surface area contributed by atoms with Gasteiger partial charge in [0, 0.05) is 73.2 Å². The molecule has 6 unspecified atom stereocenters. The van der Waals surface area contributed by atoms with Crippen LogP contribution < -0.4 is 53.4 Å². The van der Waals surface area contributed by atoms with Crippen LogP contribution in [0, 0.1) is 5.92 Å². The van der Waals surface area contributed by atoms with Crippen LogP contribution in [0.25, 0.3) is 0 Å². The highest BCUT2D eigenvalue weighted by Gasteiger charge is 2.48. The van der Waals surface area contributed by atoms with E-state index in [9.17, 15) is 24.0 Å². The number of benzene rings is 9. The third-order valence-corrected chi connectivity index (χ3v) is 17.0. The molecule has 3 aliphatic rings. The molecule has 5 amide bonds. The topological polar surface area (TPSA) is 244 Å². The zero-order chi connectivity index (χ0) is 64.6. The van der Waals surface area contributed by atoms with Gasteiger partial charge in [-0.3, -0.25) is 44.9 Å². The van der Waals surface area contributed by atoms with E-state index in [1.54, 1.807) is 27.0 Å². The molecule has 6 atom stereocenters. The Hall–Kier alpha value is -10.3. The van der Waals surface area contributed by atoms with Crippen molar-refractivity contribution in [3.8, 4) is 5.75 Å². The molecule has 1 aromatic heterocycles. The Bertz CT molecular complexity index is 4350. The number of fused-ring (bicyclic) bond motifs is 3. The fourth-order valence-corrected chi connectivity index (χ4v) is 12.6. The maximum atomic E-state index is 13.6. The Balaban J connectivity index is 0.000000143. The largest absolute Gasteiger partial charge is 0.497 e. The van der Waals surface area contributed by atoms with Gasteiger partial charge in [-0.2, -0.15) is 0 Å². The quantitative estimate of drug-likeness (QED) is 0.0590. The highest BCUT2D eigenvalue weighted by atomic mass is 35.5. The number of amides is 5. The Labute approximate surface area is 543 Å². The molecule has 0 spiro atoms. The first-order valence-corrected chi connectivity index (χ1v) is 30.5. The lowest BCUT2D eigenvalue weighted by molar-refractivity contribution is -0.129. The van der Waals surface area contributed by atoms with Crippen LogP contribution in [0.4, 0.5) is 17.1 Å². The highest BCUT2D eigenvalue weighted by molar-refractivity contribution is 6.31. The zero-order valence-corrected chi connectivity index (χ0v) is 51.9. The number of primary amides is 1. The van der Waals surface area contributed by atoms with Crippen LogP contribution >= 0.6 is 23.2 Å². The lowest BCUT2D eigenvalue weighted by Gasteiger charge is -2.38. The summed E-state index contributed by atoms with van der Waals surface area (Å²) in [4.78, 5) is 68.2. The van der Waals surface area contributed by atoms with E-state index < -0.39 is 40.9 Å². The van der Waals surface area contributed by atoms with E-state index in [4.69, 9.17) is 39.4 Å². The van der Waals surface area contributed by atoms with Gasteiger partial charge in [0.1, 0.15) is 18.0 Å². The summed E-state index contributed by atoms with van der Waals surface area (Å²) in [7, 11) is 1.62. The number of rotatable bonds is 11. The van der Waals surface area contributed by atoms with Crippen molar-refractivity contribution < 1.29 is 28.7 Å². The average Bonchev–Trinajstić information content (AvgIpc) is 1.41. The van der Waals surface area contributed by atoms with Crippen LogP contribution in [0.2, 0.25) is 10.0 Å². The smallest absolute Gasteiger partial charge is 0.262 e. The molecule has 92 heavy (non-hydrogen) atoms. The zero-order valence-electron chi connectivity index (χ0n) is 50.4. The van der Waals surface area contributed by atoms with E-state index >= 15 is 0 Å². The lowest BCUT2D eigenvalue weighted by Crippen LogP contribution is -2.59. The van der Waals surface area contributed by atoms with Crippen molar-refractivity contribution in [1.29, 1.82) is 0 Å². The maximum absolute atomic E-state index is 13.6. The summed E-state index contributed by atoms with van der Waals surface area (Å²) >= 11 is 12.8. The van der Waals surface area contributed by atoms with Crippen LogP contribution in [-0.4, -0.2) is 54.0 Å². The molecule has 462 valence electrons. The van der Waals surface area contributed by atoms with Gasteiger partial charge >= 0.3 is 0 Å². The number of hydrogen-bond donors (Lipinski definition) is 9. The van der Waals surface area contributed by atoms with E-state index in [1.807, 2.05) is 231 Å². The number of ether oxygens (including phenoxy) is 1. The van der Waals surface area contributed by atoms with E-state index in [0.29, 0.717) is 32.7 Å².